The summed E-state index contributed by atoms with van der Waals surface area (Å²) in [6.45, 7) is 0.576. The highest BCUT2D eigenvalue weighted by atomic mass is 79.9. The zero-order valence-electron chi connectivity index (χ0n) is 17.0. The maximum Gasteiger partial charge on any atom is 0.339 e. The van der Waals surface area contributed by atoms with E-state index in [-0.39, 0.29) is 30.6 Å². The Morgan fingerprint density at radius 1 is 0.938 bits per heavy atom. The predicted octanol–water partition coefficient (Wildman–Crippen LogP) is 4.48. The number of carboxylic acids is 1. The lowest BCUT2D eigenvalue weighted by Crippen LogP contribution is -2.34. The van der Waals surface area contributed by atoms with Gasteiger partial charge >= 0.3 is 5.97 Å². The normalized spacial score (nSPS) is 11.8. The molecule has 32 heavy (non-hydrogen) atoms. The van der Waals surface area contributed by atoms with E-state index in [1.54, 1.807) is 17.0 Å². The zero-order chi connectivity index (χ0) is 22.5. The number of halogens is 1. The molecule has 0 spiro atoms. The van der Waals surface area contributed by atoms with Crippen molar-refractivity contribution in [2.24, 2.45) is 0 Å². The topological polar surface area (TPSA) is 85.3 Å². The predicted molar refractivity (Wildman–Crippen MR) is 120 cm³/mol. The van der Waals surface area contributed by atoms with E-state index in [4.69, 9.17) is 14.2 Å². The lowest BCUT2D eigenvalue weighted by Gasteiger charge is -2.24. The molecule has 0 fully saturated rings. The smallest absolute Gasteiger partial charge is 0.339 e. The van der Waals surface area contributed by atoms with Crippen molar-refractivity contribution in [3.05, 3.63) is 87.9 Å². The third kappa shape index (κ3) is 5.03. The van der Waals surface area contributed by atoms with Gasteiger partial charge in [0.2, 0.25) is 6.79 Å². The molecule has 0 aliphatic carbocycles. The number of carboxylic acid groups (broad SMARTS) is 1. The van der Waals surface area contributed by atoms with E-state index in [1.807, 2.05) is 48.5 Å². The molecule has 1 heterocycles. The molecule has 3 aromatic rings. The molecule has 1 aliphatic rings. The highest BCUT2D eigenvalue weighted by molar-refractivity contribution is 9.10. The van der Waals surface area contributed by atoms with Gasteiger partial charge in [-0.2, -0.15) is 0 Å². The lowest BCUT2D eigenvalue weighted by atomic mass is 10.1. The van der Waals surface area contributed by atoms with Crippen LogP contribution >= 0.6 is 15.9 Å². The zero-order valence-corrected chi connectivity index (χ0v) is 18.6. The molecule has 1 N–H and O–H groups in total. The summed E-state index contributed by atoms with van der Waals surface area (Å²) < 4.78 is 16.9. The Morgan fingerprint density at radius 3 is 2.47 bits per heavy atom. The fourth-order valence-electron chi connectivity index (χ4n) is 3.34. The molecular weight excluding hydrogens is 478 g/mol. The third-order valence-corrected chi connectivity index (χ3v) is 5.54. The van der Waals surface area contributed by atoms with Gasteiger partial charge in [0.25, 0.3) is 5.91 Å². The molecule has 8 heteroatoms. The molecule has 1 amide bonds. The summed E-state index contributed by atoms with van der Waals surface area (Å²) in [6.07, 6.45) is 0. The number of fused-ring (bicyclic) bond motifs is 1. The lowest BCUT2D eigenvalue weighted by molar-refractivity contribution is -0.134. The summed E-state index contributed by atoms with van der Waals surface area (Å²) >= 11 is 3.30. The highest BCUT2D eigenvalue weighted by Gasteiger charge is 2.21. The van der Waals surface area contributed by atoms with E-state index < -0.39 is 5.97 Å². The second-order valence-corrected chi connectivity index (χ2v) is 7.99. The van der Waals surface area contributed by atoms with Crippen LogP contribution in [0.3, 0.4) is 0 Å². The minimum Gasteiger partial charge on any atom is -0.482 e. The molecule has 7 nitrogen and oxygen atoms in total. The minimum absolute atomic E-state index is 0.0162. The van der Waals surface area contributed by atoms with Crippen molar-refractivity contribution < 1.29 is 28.9 Å². The van der Waals surface area contributed by atoms with Crippen molar-refractivity contribution in [3.63, 3.8) is 0 Å². The Morgan fingerprint density at radius 2 is 1.69 bits per heavy atom. The van der Waals surface area contributed by atoms with Gasteiger partial charge in [-0.1, -0.05) is 42.5 Å². The first-order valence-electron chi connectivity index (χ1n) is 9.86. The minimum atomic E-state index is -1.13. The number of carbonyl (C=O) groups excluding carboxylic acids is 1. The molecular formula is C24H20BrNO6. The summed E-state index contributed by atoms with van der Waals surface area (Å²) in [7, 11) is 0. The number of rotatable bonds is 8. The number of carbonyl (C=O) groups is 2. The van der Waals surface area contributed by atoms with Gasteiger partial charge in [-0.25, -0.2) is 4.79 Å². The van der Waals surface area contributed by atoms with Crippen LogP contribution in [-0.4, -0.2) is 35.3 Å². The summed E-state index contributed by atoms with van der Waals surface area (Å²) in [5, 5.41) is 9.41. The Bertz CT molecular complexity index is 1130. The monoisotopic (exact) mass is 497 g/mol. The van der Waals surface area contributed by atoms with Crippen LogP contribution in [0.1, 0.15) is 21.5 Å². The van der Waals surface area contributed by atoms with Gasteiger partial charge in [-0.3, -0.25) is 4.79 Å². The summed E-state index contributed by atoms with van der Waals surface area (Å²) in [4.78, 5) is 26.3. The first kappa shape index (κ1) is 21.7. The number of hydrogen-bond acceptors (Lipinski definition) is 5. The first-order chi connectivity index (χ1) is 15.5. The van der Waals surface area contributed by atoms with E-state index in [2.05, 4.69) is 15.9 Å². The van der Waals surface area contributed by atoms with Crippen molar-refractivity contribution in [2.75, 3.05) is 13.4 Å². The van der Waals surface area contributed by atoms with Gasteiger partial charge in [0.15, 0.2) is 18.1 Å². The summed E-state index contributed by atoms with van der Waals surface area (Å²) in [5.74, 6) is 0.0308. The SMILES string of the molecule is O=C(O)c1cccc(Br)c1OCC(=O)N(Cc1ccccc1)Cc1ccc2c(c1)OCO2. The number of hydrogen-bond donors (Lipinski definition) is 1. The Balaban J connectivity index is 1.53. The fourth-order valence-corrected chi connectivity index (χ4v) is 3.83. The maximum absolute atomic E-state index is 13.1. The number of benzene rings is 3. The Kier molecular flexibility index (Phi) is 6.61. The van der Waals surface area contributed by atoms with Gasteiger partial charge in [0.1, 0.15) is 11.3 Å². The van der Waals surface area contributed by atoms with Crippen molar-refractivity contribution in [1.29, 1.82) is 0 Å². The second kappa shape index (κ2) is 9.74. The van der Waals surface area contributed by atoms with Gasteiger partial charge in [0.05, 0.1) is 4.47 Å². The van der Waals surface area contributed by atoms with Crippen molar-refractivity contribution >= 4 is 27.8 Å². The third-order valence-electron chi connectivity index (χ3n) is 4.92. The van der Waals surface area contributed by atoms with E-state index >= 15 is 0 Å². The van der Waals surface area contributed by atoms with E-state index in [1.165, 1.54) is 6.07 Å². The van der Waals surface area contributed by atoms with E-state index in [9.17, 15) is 14.7 Å². The Hall–Kier alpha value is -3.52. The average Bonchev–Trinajstić information content (AvgIpc) is 3.26. The highest BCUT2D eigenvalue weighted by Crippen LogP contribution is 2.33. The van der Waals surface area contributed by atoms with Crippen molar-refractivity contribution in [2.45, 2.75) is 13.1 Å². The molecule has 0 radical (unpaired) electrons. The first-order valence-corrected chi connectivity index (χ1v) is 10.7. The quantitative estimate of drug-likeness (QED) is 0.493. The van der Waals surface area contributed by atoms with Crippen LogP contribution in [0.2, 0.25) is 0 Å². The van der Waals surface area contributed by atoms with Crippen LogP contribution in [0.25, 0.3) is 0 Å². The molecule has 0 aromatic heterocycles. The van der Waals surface area contributed by atoms with Crippen molar-refractivity contribution in [3.8, 4) is 17.2 Å². The largest absolute Gasteiger partial charge is 0.482 e. The Labute approximate surface area is 193 Å². The molecule has 164 valence electrons. The van der Waals surface area contributed by atoms with Crippen LogP contribution in [0, 0.1) is 0 Å². The molecule has 4 rings (SSSR count). The number of amides is 1. The van der Waals surface area contributed by atoms with E-state index in [0.29, 0.717) is 29.1 Å². The van der Waals surface area contributed by atoms with Gasteiger partial charge in [-0.15, -0.1) is 0 Å². The summed E-state index contributed by atoms with van der Waals surface area (Å²) in [5.41, 5.74) is 1.83. The number of aromatic carboxylic acids is 1. The molecule has 0 bridgehead atoms. The van der Waals surface area contributed by atoms with Crippen LogP contribution < -0.4 is 14.2 Å². The van der Waals surface area contributed by atoms with Gasteiger partial charge < -0.3 is 24.2 Å². The fraction of sp³-hybridized carbons (Fsp3) is 0.167. The molecule has 0 saturated heterocycles. The van der Waals surface area contributed by atoms with Crippen LogP contribution in [0.15, 0.2) is 71.2 Å². The molecule has 0 unspecified atom stereocenters. The second-order valence-electron chi connectivity index (χ2n) is 7.13. The average molecular weight is 498 g/mol. The van der Waals surface area contributed by atoms with Crippen LogP contribution in [0.5, 0.6) is 17.2 Å². The van der Waals surface area contributed by atoms with E-state index in [0.717, 1.165) is 11.1 Å². The number of para-hydroxylation sites is 1. The number of ether oxygens (including phenoxy) is 3. The van der Waals surface area contributed by atoms with Crippen LogP contribution in [-0.2, 0) is 17.9 Å². The van der Waals surface area contributed by atoms with Gasteiger partial charge in [0, 0.05) is 13.1 Å². The molecule has 3 aromatic carbocycles. The summed E-state index contributed by atoms with van der Waals surface area (Å²) in [6, 6.07) is 19.9. The standard InChI is InChI=1S/C24H20BrNO6/c25-19-8-4-7-18(24(28)29)23(19)30-14-22(27)26(12-16-5-2-1-3-6-16)13-17-9-10-20-21(11-17)32-15-31-20/h1-11H,12-15H2,(H,28,29). The molecule has 0 saturated carbocycles. The van der Waals surface area contributed by atoms with Crippen molar-refractivity contribution in [1.82, 2.24) is 4.90 Å². The van der Waals surface area contributed by atoms with Gasteiger partial charge in [-0.05, 0) is 51.3 Å². The molecule has 1 aliphatic heterocycles. The maximum atomic E-state index is 13.1. The van der Waals surface area contributed by atoms with Crippen LogP contribution in [0.4, 0.5) is 0 Å². The number of nitrogens with zero attached hydrogens (tertiary/aromatic N) is 1. The molecule has 0 atom stereocenters.